The topological polar surface area (TPSA) is 66.0 Å². The zero-order valence-electron chi connectivity index (χ0n) is 15.3. The first kappa shape index (κ1) is 15.9. The fourth-order valence-electron chi connectivity index (χ4n) is 3.67. The molecule has 2 N–H and O–H groups in total. The highest BCUT2D eigenvalue weighted by atomic mass is 16.5. The molecular formula is C20H24N4O. The molecular weight excluding hydrogens is 312 g/mol. The second kappa shape index (κ2) is 5.76. The number of anilines is 1. The number of nitrogen functional groups attached to an aromatic ring is 1. The van der Waals surface area contributed by atoms with Crippen molar-refractivity contribution in [3.63, 3.8) is 0 Å². The maximum absolute atomic E-state index is 6.57. The number of nitrogens with two attached hydrogens (primary N) is 1. The van der Waals surface area contributed by atoms with Gasteiger partial charge in [0.05, 0.1) is 24.7 Å². The van der Waals surface area contributed by atoms with Crippen molar-refractivity contribution >= 4 is 17.0 Å². The number of methoxy groups -OCH3 is 1. The highest BCUT2D eigenvalue weighted by Gasteiger charge is 2.28. The first-order valence-corrected chi connectivity index (χ1v) is 8.87. The fourth-order valence-corrected chi connectivity index (χ4v) is 3.67. The zero-order valence-corrected chi connectivity index (χ0v) is 15.3. The molecule has 3 aromatic rings. The van der Waals surface area contributed by atoms with Crippen molar-refractivity contribution in [1.29, 1.82) is 0 Å². The lowest BCUT2D eigenvalue weighted by molar-refractivity contribution is 0.411. The molecule has 1 aliphatic rings. The minimum atomic E-state index is 0.575. The summed E-state index contributed by atoms with van der Waals surface area (Å²) in [5.41, 5.74) is 13.7. The molecule has 0 saturated heterocycles. The molecule has 130 valence electrons. The quantitative estimate of drug-likeness (QED) is 0.780. The van der Waals surface area contributed by atoms with Gasteiger partial charge in [0, 0.05) is 17.0 Å². The Bertz CT molecular complexity index is 970. The van der Waals surface area contributed by atoms with Crippen molar-refractivity contribution in [3.8, 4) is 11.4 Å². The molecule has 0 amide bonds. The van der Waals surface area contributed by atoms with Crippen LogP contribution in [-0.4, -0.2) is 21.6 Å². The van der Waals surface area contributed by atoms with Crippen molar-refractivity contribution in [2.45, 2.75) is 46.0 Å². The van der Waals surface area contributed by atoms with Crippen LogP contribution in [0.15, 0.2) is 18.3 Å². The minimum Gasteiger partial charge on any atom is -0.496 e. The maximum Gasteiger partial charge on any atom is 0.165 e. The van der Waals surface area contributed by atoms with Crippen LogP contribution in [0.25, 0.3) is 16.9 Å². The van der Waals surface area contributed by atoms with E-state index in [1.807, 2.05) is 16.8 Å². The van der Waals surface area contributed by atoms with Crippen molar-refractivity contribution < 1.29 is 4.74 Å². The molecule has 2 heterocycles. The third-order valence-electron chi connectivity index (χ3n) is 5.20. The third kappa shape index (κ3) is 2.37. The van der Waals surface area contributed by atoms with Gasteiger partial charge in [0.25, 0.3) is 0 Å². The highest BCUT2D eigenvalue weighted by molar-refractivity contribution is 5.86. The van der Waals surface area contributed by atoms with E-state index in [4.69, 9.17) is 20.4 Å². The Morgan fingerprint density at radius 3 is 2.68 bits per heavy atom. The molecule has 1 aliphatic carbocycles. The Hall–Kier alpha value is -2.56. The molecule has 1 fully saturated rings. The van der Waals surface area contributed by atoms with Crippen LogP contribution in [-0.2, 0) is 6.42 Å². The van der Waals surface area contributed by atoms with E-state index in [0.717, 1.165) is 57.2 Å². The van der Waals surface area contributed by atoms with Gasteiger partial charge in [-0.3, -0.25) is 4.57 Å². The van der Waals surface area contributed by atoms with Crippen LogP contribution >= 0.6 is 0 Å². The zero-order chi connectivity index (χ0) is 17.7. The molecule has 25 heavy (non-hydrogen) atoms. The summed E-state index contributed by atoms with van der Waals surface area (Å²) < 4.78 is 7.56. The van der Waals surface area contributed by atoms with Gasteiger partial charge in [0.15, 0.2) is 5.65 Å². The van der Waals surface area contributed by atoms with E-state index in [1.165, 1.54) is 12.8 Å². The van der Waals surface area contributed by atoms with Gasteiger partial charge in [-0.1, -0.05) is 13.0 Å². The summed E-state index contributed by atoms with van der Waals surface area (Å²) in [4.78, 5) is 9.69. The average Bonchev–Trinajstić information content (AvgIpc) is 3.41. The summed E-state index contributed by atoms with van der Waals surface area (Å²) >= 11 is 0. The molecule has 4 rings (SSSR count). The van der Waals surface area contributed by atoms with Crippen LogP contribution in [0.2, 0.25) is 0 Å². The monoisotopic (exact) mass is 336 g/mol. The number of rotatable bonds is 4. The van der Waals surface area contributed by atoms with Gasteiger partial charge in [-0.15, -0.1) is 0 Å². The van der Waals surface area contributed by atoms with Gasteiger partial charge in [0.1, 0.15) is 17.1 Å². The smallest absolute Gasteiger partial charge is 0.165 e. The summed E-state index contributed by atoms with van der Waals surface area (Å²) in [6.45, 7) is 6.26. The van der Waals surface area contributed by atoms with Crippen LogP contribution in [0.3, 0.4) is 0 Å². The van der Waals surface area contributed by atoms with E-state index in [9.17, 15) is 0 Å². The number of ether oxygens (including phenoxy) is 1. The molecule has 1 aromatic carbocycles. The van der Waals surface area contributed by atoms with Crippen molar-refractivity contribution in [3.05, 3.63) is 40.7 Å². The van der Waals surface area contributed by atoms with Gasteiger partial charge in [-0.25, -0.2) is 9.97 Å². The van der Waals surface area contributed by atoms with Crippen LogP contribution in [0.4, 0.5) is 5.82 Å². The SMILES string of the molecule is CCc1c(N)n(-c2c(C)ccc(OC)c2C)c2ncc(C3CC3)nc12. The van der Waals surface area contributed by atoms with Gasteiger partial charge in [0.2, 0.25) is 0 Å². The van der Waals surface area contributed by atoms with Gasteiger partial charge in [-0.2, -0.15) is 0 Å². The van der Waals surface area contributed by atoms with Crippen molar-refractivity contribution in [2.75, 3.05) is 12.8 Å². The van der Waals surface area contributed by atoms with Crippen LogP contribution in [0.1, 0.15) is 48.1 Å². The number of benzene rings is 1. The molecule has 0 bridgehead atoms. The lowest BCUT2D eigenvalue weighted by Gasteiger charge is -2.16. The first-order chi connectivity index (χ1) is 12.1. The average molecular weight is 336 g/mol. The maximum atomic E-state index is 6.57. The number of hydrogen-bond donors (Lipinski definition) is 1. The summed E-state index contributed by atoms with van der Waals surface area (Å²) in [5, 5.41) is 0. The van der Waals surface area contributed by atoms with E-state index in [1.54, 1.807) is 7.11 Å². The Balaban J connectivity index is 2.04. The van der Waals surface area contributed by atoms with E-state index >= 15 is 0 Å². The standard InChI is InChI=1S/C20H24N4O/c1-5-14-17-20(22-10-15(23-17)13-7-8-13)24(19(14)21)18-11(2)6-9-16(25-4)12(18)3/h6,9-10,13H,5,7-8,21H2,1-4H3. The molecule has 1 saturated carbocycles. The fraction of sp³-hybridized carbons (Fsp3) is 0.400. The Morgan fingerprint density at radius 2 is 2.04 bits per heavy atom. The van der Waals surface area contributed by atoms with Crippen LogP contribution in [0, 0.1) is 13.8 Å². The van der Waals surface area contributed by atoms with Crippen LogP contribution in [0.5, 0.6) is 5.75 Å². The number of hydrogen-bond acceptors (Lipinski definition) is 4. The number of fused-ring (bicyclic) bond motifs is 1. The summed E-state index contributed by atoms with van der Waals surface area (Å²) in [7, 11) is 1.69. The molecule has 5 heteroatoms. The molecule has 0 unspecified atom stereocenters. The number of aryl methyl sites for hydroxylation is 2. The Kier molecular flexibility index (Phi) is 3.67. The minimum absolute atomic E-state index is 0.575. The molecule has 0 atom stereocenters. The molecule has 5 nitrogen and oxygen atoms in total. The lowest BCUT2D eigenvalue weighted by atomic mass is 10.1. The molecule has 0 radical (unpaired) electrons. The number of nitrogens with zero attached hydrogens (tertiary/aromatic N) is 3. The lowest BCUT2D eigenvalue weighted by Crippen LogP contribution is -2.07. The van der Waals surface area contributed by atoms with Crippen LogP contribution < -0.4 is 10.5 Å². The highest BCUT2D eigenvalue weighted by Crippen LogP contribution is 2.41. The molecule has 0 spiro atoms. The van der Waals surface area contributed by atoms with Crippen molar-refractivity contribution in [1.82, 2.24) is 14.5 Å². The summed E-state index contributed by atoms with van der Waals surface area (Å²) in [5.74, 6) is 2.15. The Morgan fingerprint density at radius 1 is 1.28 bits per heavy atom. The molecule has 0 aliphatic heterocycles. The predicted molar refractivity (Wildman–Crippen MR) is 101 cm³/mol. The van der Waals surface area contributed by atoms with E-state index < -0.39 is 0 Å². The normalized spacial score (nSPS) is 14.2. The second-order valence-corrected chi connectivity index (χ2v) is 6.85. The summed E-state index contributed by atoms with van der Waals surface area (Å²) in [6.07, 6.45) is 5.18. The summed E-state index contributed by atoms with van der Waals surface area (Å²) in [6, 6.07) is 4.05. The third-order valence-corrected chi connectivity index (χ3v) is 5.20. The van der Waals surface area contributed by atoms with Gasteiger partial charge >= 0.3 is 0 Å². The molecule has 2 aromatic heterocycles. The van der Waals surface area contributed by atoms with E-state index in [2.05, 4.69) is 26.8 Å². The second-order valence-electron chi connectivity index (χ2n) is 6.85. The number of aromatic nitrogens is 3. The van der Waals surface area contributed by atoms with Gasteiger partial charge in [-0.05, 0) is 44.7 Å². The van der Waals surface area contributed by atoms with E-state index in [0.29, 0.717) is 5.92 Å². The Labute approximate surface area is 147 Å². The van der Waals surface area contributed by atoms with Gasteiger partial charge < -0.3 is 10.5 Å². The predicted octanol–water partition coefficient (Wildman–Crippen LogP) is 4.07. The first-order valence-electron chi connectivity index (χ1n) is 8.87. The largest absolute Gasteiger partial charge is 0.496 e. The van der Waals surface area contributed by atoms with E-state index in [-0.39, 0.29) is 0 Å². The van der Waals surface area contributed by atoms with Crippen molar-refractivity contribution in [2.24, 2.45) is 0 Å².